The van der Waals surface area contributed by atoms with Crippen molar-refractivity contribution in [3.8, 4) is 0 Å². The molecule has 0 fully saturated rings. The van der Waals surface area contributed by atoms with Gasteiger partial charge in [-0.15, -0.1) is 0 Å². The van der Waals surface area contributed by atoms with Crippen LogP contribution in [0.15, 0.2) is 66.7 Å². The number of hydrogen-bond acceptors (Lipinski definition) is 2. The molecule has 3 aromatic carbocycles. The summed E-state index contributed by atoms with van der Waals surface area (Å²) < 4.78 is 15.6. The fourth-order valence-corrected chi connectivity index (χ4v) is 3.85. The fraction of sp³-hybridized carbons (Fsp3) is 0.167. The lowest BCUT2D eigenvalue weighted by atomic mass is 10.1. The van der Waals surface area contributed by atoms with Crippen molar-refractivity contribution < 1.29 is 19.1 Å². The Hall–Kier alpha value is -3.67. The highest BCUT2D eigenvalue weighted by Crippen LogP contribution is 2.28. The average Bonchev–Trinajstić information content (AvgIpc) is 2.99. The van der Waals surface area contributed by atoms with Gasteiger partial charge in [0.05, 0.1) is 6.42 Å². The van der Waals surface area contributed by atoms with Crippen LogP contribution >= 0.6 is 0 Å². The van der Waals surface area contributed by atoms with Crippen molar-refractivity contribution in [2.45, 2.75) is 13.0 Å². The van der Waals surface area contributed by atoms with E-state index in [1.807, 2.05) is 43.4 Å². The zero-order chi connectivity index (χ0) is 21.3. The second-order valence-electron chi connectivity index (χ2n) is 7.38. The zero-order valence-corrected chi connectivity index (χ0v) is 16.5. The summed E-state index contributed by atoms with van der Waals surface area (Å²) in [6.45, 7) is -0.398. The molecule has 0 saturated carbocycles. The molecule has 30 heavy (non-hydrogen) atoms. The molecule has 0 atom stereocenters. The van der Waals surface area contributed by atoms with Crippen molar-refractivity contribution in [1.29, 1.82) is 0 Å². The topological polar surface area (TPSA) is 62.5 Å². The summed E-state index contributed by atoms with van der Waals surface area (Å²) in [5.41, 5.74) is 3.47. The molecule has 0 saturated heterocycles. The molecule has 0 bridgehead atoms. The van der Waals surface area contributed by atoms with Crippen molar-refractivity contribution in [3.05, 3.63) is 83.7 Å². The van der Waals surface area contributed by atoms with E-state index in [0.29, 0.717) is 5.56 Å². The van der Waals surface area contributed by atoms with Gasteiger partial charge in [0.15, 0.2) is 0 Å². The first-order valence-corrected chi connectivity index (χ1v) is 9.62. The van der Waals surface area contributed by atoms with Crippen LogP contribution in [0.4, 0.5) is 4.39 Å². The first-order valence-electron chi connectivity index (χ1n) is 9.62. The molecule has 4 rings (SSSR count). The number of carboxylic acid groups (broad SMARTS) is 1. The van der Waals surface area contributed by atoms with Crippen LogP contribution in [0.1, 0.15) is 11.1 Å². The second kappa shape index (κ2) is 7.99. The predicted molar refractivity (Wildman–Crippen MR) is 114 cm³/mol. The van der Waals surface area contributed by atoms with Crippen LogP contribution < -0.4 is 0 Å². The number of carbonyl (C=O) groups excluding carboxylic acids is 1. The fourth-order valence-electron chi connectivity index (χ4n) is 3.85. The summed E-state index contributed by atoms with van der Waals surface area (Å²) in [7, 11) is 1.98. The Labute approximate surface area is 173 Å². The van der Waals surface area contributed by atoms with E-state index in [9.17, 15) is 19.1 Å². The Morgan fingerprint density at radius 1 is 0.933 bits per heavy atom. The zero-order valence-electron chi connectivity index (χ0n) is 16.5. The molecule has 1 N–H and O–H groups in total. The Bertz CT molecular complexity index is 1260. The van der Waals surface area contributed by atoms with E-state index in [4.69, 9.17) is 0 Å². The number of nitrogens with zero attached hydrogens (tertiary/aromatic N) is 2. The lowest BCUT2D eigenvalue weighted by molar-refractivity contribution is -0.144. The molecule has 0 unspecified atom stereocenters. The SMILES string of the molecule is Cn1c2ccccc2c2ccc(CC(=O)N(CC(=O)O)Cc3cccc(F)c3)cc21. The van der Waals surface area contributed by atoms with Crippen LogP contribution in [0.3, 0.4) is 0 Å². The van der Waals surface area contributed by atoms with E-state index in [-0.39, 0.29) is 18.9 Å². The highest BCUT2D eigenvalue weighted by molar-refractivity contribution is 6.08. The molecule has 0 aliphatic heterocycles. The van der Waals surface area contributed by atoms with Crippen LogP contribution in [0.2, 0.25) is 0 Å². The van der Waals surface area contributed by atoms with Crippen LogP contribution in [0.5, 0.6) is 0 Å². The van der Waals surface area contributed by atoms with Gasteiger partial charge in [-0.05, 0) is 35.4 Å². The minimum Gasteiger partial charge on any atom is -0.480 e. The molecule has 5 nitrogen and oxygen atoms in total. The van der Waals surface area contributed by atoms with Gasteiger partial charge in [-0.1, -0.05) is 42.5 Å². The molecular formula is C24H21FN2O3. The number of carboxylic acids is 1. The van der Waals surface area contributed by atoms with Crippen molar-refractivity contribution in [2.24, 2.45) is 7.05 Å². The van der Waals surface area contributed by atoms with Gasteiger partial charge in [-0.25, -0.2) is 4.39 Å². The lowest BCUT2D eigenvalue weighted by Crippen LogP contribution is -2.36. The highest BCUT2D eigenvalue weighted by Gasteiger charge is 2.19. The number of amides is 1. The third-order valence-electron chi connectivity index (χ3n) is 5.28. The first kappa shape index (κ1) is 19.6. The standard InChI is InChI=1S/C24H21FN2O3/c1-26-21-8-3-2-7-19(21)20-10-9-16(12-22(20)26)13-23(28)27(15-24(29)30)14-17-5-4-6-18(25)11-17/h2-12H,13-15H2,1H3,(H,29,30). The third-order valence-corrected chi connectivity index (χ3v) is 5.28. The van der Waals surface area contributed by atoms with Gasteiger partial charge in [0.2, 0.25) is 5.91 Å². The van der Waals surface area contributed by atoms with Gasteiger partial charge >= 0.3 is 5.97 Å². The number of aromatic nitrogens is 1. The Balaban J connectivity index is 1.61. The van der Waals surface area contributed by atoms with Gasteiger partial charge in [-0.2, -0.15) is 0 Å². The van der Waals surface area contributed by atoms with E-state index in [0.717, 1.165) is 27.4 Å². The summed E-state index contributed by atoms with van der Waals surface area (Å²) in [6.07, 6.45) is 0.0695. The summed E-state index contributed by atoms with van der Waals surface area (Å²) >= 11 is 0. The molecule has 0 radical (unpaired) electrons. The smallest absolute Gasteiger partial charge is 0.323 e. The predicted octanol–water partition coefficient (Wildman–Crippen LogP) is 4.13. The number of halogens is 1. The second-order valence-corrected chi connectivity index (χ2v) is 7.38. The Kier molecular flexibility index (Phi) is 5.23. The van der Waals surface area contributed by atoms with E-state index in [1.165, 1.54) is 17.0 Å². The molecule has 0 spiro atoms. The molecule has 6 heteroatoms. The number of carbonyl (C=O) groups is 2. The molecule has 1 amide bonds. The number of benzene rings is 3. The first-order chi connectivity index (χ1) is 14.4. The van der Waals surface area contributed by atoms with Crippen molar-refractivity contribution in [2.75, 3.05) is 6.54 Å². The molecular weight excluding hydrogens is 383 g/mol. The Morgan fingerprint density at radius 3 is 2.47 bits per heavy atom. The maximum Gasteiger partial charge on any atom is 0.323 e. The number of hydrogen-bond donors (Lipinski definition) is 1. The minimum absolute atomic E-state index is 0.0409. The van der Waals surface area contributed by atoms with Crippen LogP contribution in [0.25, 0.3) is 21.8 Å². The van der Waals surface area contributed by atoms with E-state index < -0.39 is 18.3 Å². The van der Waals surface area contributed by atoms with E-state index in [1.54, 1.807) is 12.1 Å². The summed E-state index contributed by atoms with van der Waals surface area (Å²) in [5, 5.41) is 11.5. The van der Waals surface area contributed by atoms with Crippen molar-refractivity contribution in [3.63, 3.8) is 0 Å². The van der Waals surface area contributed by atoms with Gasteiger partial charge in [0.1, 0.15) is 12.4 Å². The number of fused-ring (bicyclic) bond motifs is 3. The van der Waals surface area contributed by atoms with Crippen LogP contribution in [-0.4, -0.2) is 33.0 Å². The third kappa shape index (κ3) is 3.89. The van der Waals surface area contributed by atoms with E-state index >= 15 is 0 Å². The van der Waals surface area contributed by atoms with Gasteiger partial charge in [-0.3, -0.25) is 9.59 Å². The monoisotopic (exact) mass is 404 g/mol. The highest BCUT2D eigenvalue weighted by atomic mass is 19.1. The van der Waals surface area contributed by atoms with Crippen molar-refractivity contribution >= 4 is 33.7 Å². The summed E-state index contributed by atoms with van der Waals surface area (Å²) in [6, 6.07) is 19.8. The molecule has 0 aliphatic rings. The number of aryl methyl sites for hydroxylation is 1. The van der Waals surface area contributed by atoms with Gasteiger partial charge < -0.3 is 14.6 Å². The van der Waals surface area contributed by atoms with Gasteiger partial charge in [0, 0.05) is 35.4 Å². The maximum atomic E-state index is 13.5. The minimum atomic E-state index is -1.11. The summed E-state index contributed by atoms with van der Waals surface area (Å²) in [5.74, 6) is -1.85. The largest absolute Gasteiger partial charge is 0.480 e. The maximum absolute atomic E-state index is 13.5. The molecule has 0 aliphatic carbocycles. The lowest BCUT2D eigenvalue weighted by Gasteiger charge is -2.21. The number of aliphatic carboxylic acids is 1. The molecule has 1 aromatic heterocycles. The molecule has 4 aromatic rings. The van der Waals surface area contributed by atoms with Crippen molar-refractivity contribution in [1.82, 2.24) is 9.47 Å². The Morgan fingerprint density at radius 2 is 1.70 bits per heavy atom. The summed E-state index contributed by atoms with van der Waals surface area (Å²) in [4.78, 5) is 25.4. The average molecular weight is 404 g/mol. The van der Waals surface area contributed by atoms with E-state index in [2.05, 4.69) is 10.6 Å². The van der Waals surface area contributed by atoms with Crippen LogP contribution in [0, 0.1) is 5.82 Å². The van der Waals surface area contributed by atoms with Crippen LogP contribution in [-0.2, 0) is 29.6 Å². The quantitative estimate of drug-likeness (QED) is 0.526. The van der Waals surface area contributed by atoms with Gasteiger partial charge in [0.25, 0.3) is 0 Å². The molecule has 152 valence electrons. The number of para-hydroxylation sites is 1. The number of rotatable bonds is 6. The normalized spacial score (nSPS) is 11.1. The molecule has 1 heterocycles.